The molecule has 2 heterocycles. The van der Waals surface area contributed by atoms with Crippen molar-refractivity contribution in [2.75, 3.05) is 6.54 Å². The third-order valence-corrected chi connectivity index (χ3v) is 5.42. The third kappa shape index (κ3) is 2.27. The summed E-state index contributed by atoms with van der Waals surface area (Å²) in [6, 6.07) is 13.5. The number of nitriles is 1. The first-order valence-electron chi connectivity index (χ1n) is 7.82. The first-order chi connectivity index (χ1) is 11.7. The molecule has 0 radical (unpaired) electrons. The lowest BCUT2D eigenvalue weighted by molar-refractivity contribution is 0.0761. The monoisotopic (exact) mass is 333 g/mol. The maximum atomic E-state index is 13.0. The molecule has 0 spiro atoms. The van der Waals surface area contributed by atoms with Gasteiger partial charge < -0.3 is 4.90 Å². The summed E-state index contributed by atoms with van der Waals surface area (Å²) in [6.45, 7) is 2.47. The van der Waals surface area contributed by atoms with Crippen molar-refractivity contribution in [3.63, 3.8) is 0 Å². The Labute approximate surface area is 144 Å². The van der Waals surface area contributed by atoms with E-state index >= 15 is 0 Å². The van der Waals surface area contributed by atoms with Crippen molar-refractivity contribution in [2.45, 2.75) is 19.4 Å². The number of rotatable bonds is 3. The number of carbonyl (C=O) groups excluding carboxylic acids is 1. The first-order valence-corrected chi connectivity index (χ1v) is 8.70. The molecule has 1 aliphatic heterocycles. The molecular formula is C19H15N3OS. The Hall–Kier alpha value is -2.71. The van der Waals surface area contributed by atoms with Gasteiger partial charge in [0, 0.05) is 29.6 Å². The normalized spacial score (nSPS) is 16.4. The number of hydrogen-bond donors (Lipinski definition) is 0. The van der Waals surface area contributed by atoms with Crippen molar-refractivity contribution in [3.05, 3.63) is 63.6 Å². The molecule has 1 unspecified atom stereocenters. The Morgan fingerprint density at radius 2 is 2.12 bits per heavy atom. The molecule has 0 N–H and O–H groups in total. The first kappa shape index (κ1) is 14.9. The molecule has 4 rings (SSSR count). The van der Waals surface area contributed by atoms with E-state index in [0.717, 1.165) is 27.0 Å². The third-order valence-electron chi connectivity index (χ3n) is 4.40. The van der Waals surface area contributed by atoms with E-state index < -0.39 is 6.04 Å². The molecule has 1 amide bonds. The van der Waals surface area contributed by atoms with Crippen LogP contribution in [0.3, 0.4) is 0 Å². The van der Waals surface area contributed by atoms with Gasteiger partial charge in [-0.3, -0.25) is 4.79 Å². The molecule has 0 bridgehead atoms. The highest BCUT2D eigenvalue weighted by Crippen LogP contribution is 2.37. The maximum Gasteiger partial charge on any atom is 0.256 e. The molecule has 0 saturated carbocycles. The van der Waals surface area contributed by atoms with Crippen LogP contribution in [0, 0.1) is 18.3 Å². The van der Waals surface area contributed by atoms with Crippen molar-refractivity contribution in [2.24, 2.45) is 0 Å². The summed E-state index contributed by atoms with van der Waals surface area (Å²) in [5.74, 6) is -0.0540. The fourth-order valence-electron chi connectivity index (χ4n) is 3.29. The van der Waals surface area contributed by atoms with E-state index in [-0.39, 0.29) is 5.91 Å². The Morgan fingerprint density at radius 3 is 2.88 bits per heavy atom. The highest BCUT2D eigenvalue weighted by Gasteiger charge is 2.37. The fourth-order valence-corrected chi connectivity index (χ4v) is 4.05. The molecule has 5 heteroatoms. The molecule has 0 saturated heterocycles. The lowest BCUT2D eigenvalue weighted by Crippen LogP contribution is -2.29. The minimum Gasteiger partial charge on any atom is -0.318 e. The number of thiazole rings is 1. The number of nitrogens with zero attached hydrogens (tertiary/aromatic N) is 3. The zero-order chi connectivity index (χ0) is 16.7. The Morgan fingerprint density at radius 1 is 1.29 bits per heavy atom. The summed E-state index contributed by atoms with van der Waals surface area (Å²) in [5, 5.41) is 14.6. The second-order valence-corrected chi connectivity index (χ2v) is 6.86. The van der Waals surface area contributed by atoms with E-state index in [1.807, 2.05) is 48.7 Å². The molecule has 2 aromatic carbocycles. The lowest BCUT2D eigenvalue weighted by atomic mass is 9.98. The number of fused-ring (bicyclic) bond motifs is 3. The summed E-state index contributed by atoms with van der Waals surface area (Å²) in [5.41, 5.74) is 2.49. The van der Waals surface area contributed by atoms with Gasteiger partial charge >= 0.3 is 0 Å². The van der Waals surface area contributed by atoms with E-state index in [1.54, 1.807) is 16.2 Å². The van der Waals surface area contributed by atoms with E-state index in [1.165, 1.54) is 0 Å². The summed E-state index contributed by atoms with van der Waals surface area (Å²) < 4.78 is 0. The number of carbonyl (C=O) groups is 1. The molecule has 24 heavy (non-hydrogen) atoms. The quantitative estimate of drug-likeness (QED) is 0.731. The molecule has 0 fully saturated rings. The number of aryl methyl sites for hydroxylation is 1. The summed E-state index contributed by atoms with van der Waals surface area (Å²) >= 11 is 1.60. The molecular weight excluding hydrogens is 318 g/mol. The van der Waals surface area contributed by atoms with Gasteiger partial charge in [0.15, 0.2) is 0 Å². The van der Waals surface area contributed by atoms with Gasteiger partial charge in [0.1, 0.15) is 6.04 Å². The molecule has 1 aliphatic rings. The van der Waals surface area contributed by atoms with E-state index in [9.17, 15) is 10.1 Å². The largest absolute Gasteiger partial charge is 0.318 e. The minimum atomic E-state index is -0.516. The molecule has 1 atom stereocenters. The smallest absolute Gasteiger partial charge is 0.256 e. The highest BCUT2D eigenvalue weighted by atomic mass is 32.1. The van der Waals surface area contributed by atoms with Crippen LogP contribution < -0.4 is 0 Å². The van der Waals surface area contributed by atoms with Crippen LogP contribution in [-0.2, 0) is 6.42 Å². The van der Waals surface area contributed by atoms with Crippen molar-refractivity contribution >= 4 is 28.0 Å². The van der Waals surface area contributed by atoms with Crippen molar-refractivity contribution < 1.29 is 4.79 Å². The number of hydrogen-bond acceptors (Lipinski definition) is 4. The second kappa shape index (κ2) is 5.73. The van der Waals surface area contributed by atoms with Gasteiger partial charge in [-0.05, 0) is 17.7 Å². The summed E-state index contributed by atoms with van der Waals surface area (Å²) in [6.07, 6.45) is 0.675. The topological polar surface area (TPSA) is 57.0 Å². The Kier molecular flexibility index (Phi) is 3.55. The van der Waals surface area contributed by atoms with Crippen LogP contribution in [0.5, 0.6) is 0 Å². The predicted octanol–water partition coefficient (Wildman–Crippen LogP) is 3.87. The average Bonchev–Trinajstić information content (AvgIpc) is 3.14. The van der Waals surface area contributed by atoms with Gasteiger partial charge in [-0.2, -0.15) is 5.26 Å². The highest BCUT2D eigenvalue weighted by molar-refractivity contribution is 7.09. The molecule has 3 aromatic rings. The molecule has 4 nitrogen and oxygen atoms in total. The van der Waals surface area contributed by atoms with Crippen LogP contribution in [0.1, 0.15) is 32.7 Å². The maximum absolute atomic E-state index is 13.0. The minimum absolute atomic E-state index is 0.0540. The number of amides is 1. The Bertz CT molecular complexity index is 986. The van der Waals surface area contributed by atoms with Crippen molar-refractivity contribution in [1.29, 1.82) is 5.26 Å². The number of benzene rings is 2. The van der Waals surface area contributed by atoms with Gasteiger partial charge in [-0.1, -0.05) is 36.4 Å². The number of aromatic nitrogens is 1. The van der Waals surface area contributed by atoms with Gasteiger partial charge in [-0.25, -0.2) is 4.98 Å². The second-order valence-electron chi connectivity index (χ2n) is 5.91. The van der Waals surface area contributed by atoms with E-state index in [2.05, 4.69) is 11.1 Å². The van der Waals surface area contributed by atoms with Crippen molar-refractivity contribution in [1.82, 2.24) is 9.88 Å². The van der Waals surface area contributed by atoms with Gasteiger partial charge in [0.05, 0.1) is 16.6 Å². The lowest BCUT2D eigenvalue weighted by Gasteiger charge is -2.19. The SMILES string of the molecule is Cc1csc(CCN2C(=O)c3c(ccc4ccccc34)C2C#N)n1. The molecule has 118 valence electrons. The standard InChI is InChI=1S/C19H15N3OS/c1-12-11-24-17(21-12)8-9-22-16(10-20)15-7-6-13-4-2-3-5-14(13)18(15)19(22)23/h2-7,11,16H,8-9H2,1H3. The van der Waals surface area contributed by atoms with E-state index in [4.69, 9.17) is 0 Å². The zero-order valence-corrected chi connectivity index (χ0v) is 14.0. The van der Waals surface area contributed by atoms with Crippen LogP contribution in [0.15, 0.2) is 41.8 Å². The van der Waals surface area contributed by atoms with Crippen LogP contribution in [0.25, 0.3) is 10.8 Å². The van der Waals surface area contributed by atoms with Crippen LogP contribution in [-0.4, -0.2) is 22.3 Å². The summed E-state index contributed by atoms with van der Waals surface area (Å²) in [7, 11) is 0. The summed E-state index contributed by atoms with van der Waals surface area (Å²) in [4.78, 5) is 19.1. The Balaban J connectivity index is 1.70. The predicted molar refractivity (Wildman–Crippen MR) is 93.9 cm³/mol. The van der Waals surface area contributed by atoms with Gasteiger partial charge in [0.2, 0.25) is 0 Å². The van der Waals surface area contributed by atoms with Crippen LogP contribution in [0.2, 0.25) is 0 Å². The van der Waals surface area contributed by atoms with Crippen molar-refractivity contribution in [3.8, 4) is 6.07 Å². The van der Waals surface area contributed by atoms with Crippen LogP contribution in [0.4, 0.5) is 0 Å². The van der Waals surface area contributed by atoms with Gasteiger partial charge in [-0.15, -0.1) is 11.3 Å². The van der Waals surface area contributed by atoms with Crippen LogP contribution >= 0.6 is 11.3 Å². The molecule has 0 aliphatic carbocycles. The average molecular weight is 333 g/mol. The zero-order valence-electron chi connectivity index (χ0n) is 13.2. The fraction of sp³-hybridized carbons (Fsp3) is 0.211. The molecule has 1 aromatic heterocycles. The van der Waals surface area contributed by atoms with E-state index in [0.29, 0.717) is 18.5 Å². The van der Waals surface area contributed by atoms with Gasteiger partial charge in [0.25, 0.3) is 5.91 Å².